The van der Waals surface area contributed by atoms with Crippen LogP contribution in [-0.4, -0.2) is 51.0 Å². The Hall–Kier alpha value is -0.810. The van der Waals surface area contributed by atoms with Gasteiger partial charge in [-0.15, -0.1) is 0 Å². The Morgan fingerprint density at radius 2 is 2.24 bits per heavy atom. The van der Waals surface area contributed by atoms with Gasteiger partial charge in [0.2, 0.25) is 0 Å². The van der Waals surface area contributed by atoms with Crippen molar-refractivity contribution in [2.75, 3.05) is 39.5 Å². The van der Waals surface area contributed by atoms with Gasteiger partial charge in [0.15, 0.2) is 5.96 Å². The Bertz CT molecular complexity index is 323. The second-order valence-corrected chi connectivity index (χ2v) is 6.40. The van der Waals surface area contributed by atoms with E-state index in [0.29, 0.717) is 0 Å². The smallest absolute Gasteiger partial charge is 0.191 e. The fraction of sp³-hybridized carbons (Fsp3) is 0.938. The summed E-state index contributed by atoms with van der Waals surface area (Å²) in [5.74, 6) is 1.74. The maximum absolute atomic E-state index is 5.77. The molecule has 0 aromatic heterocycles. The summed E-state index contributed by atoms with van der Waals surface area (Å²) in [4.78, 5) is 4.65. The van der Waals surface area contributed by atoms with E-state index in [9.17, 15) is 0 Å². The van der Waals surface area contributed by atoms with E-state index in [1.54, 1.807) is 0 Å². The number of guanidine groups is 1. The molecule has 5 heteroatoms. The molecule has 1 saturated heterocycles. The molecule has 1 heterocycles. The van der Waals surface area contributed by atoms with Crippen LogP contribution >= 0.6 is 0 Å². The average molecular weight is 297 g/mol. The lowest BCUT2D eigenvalue weighted by Gasteiger charge is -2.21. The predicted molar refractivity (Wildman–Crippen MR) is 85.7 cm³/mol. The molecule has 2 N–H and O–H groups in total. The third-order valence-electron chi connectivity index (χ3n) is 4.02. The van der Waals surface area contributed by atoms with Crippen molar-refractivity contribution >= 4 is 5.96 Å². The molecular formula is C16H31N3O2. The molecule has 21 heavy (non-hydrogen) atoms. The van der Waals surface area contributed by atoms with Crippen LogP contribution in [0, 0.1) is 5.92 Å². The van der Waals surface area contributed by atoms with Gasteiger partial charge >= 0.3 is 0 Å². The predicted octanol–water partition coefficient (Wildman–Crippen LogP) is 1.93. The van der Waals surface area contributed by atoms with Crippen molar-refractivity contribution in [3.63, 3.8) is 0 Å². The highest BCUT2D eigenvalue weighted by molar-refractivity contribution is 5.79. The summed E-state index contributed by atoms with van der Waals surface area (Å²) in [6, 6.07) is 0. The first-order valence-electron chi connectivity index (χ1n) is 8.46. The van der Waals surface area contributed by atoms with Gasteiger partial charge < -0.3 is 20.1 Å². The van der Waals surface area contributed by atoms with Gasteiger partial charge in [0.25, 0.3) is 0 Å². The third kappa shape index (κ3) is 6.66. The lowest BCUT2D eigenvalue weighted by molar-refractivity contribution is 0.0283. The first-order valence-corrected chi connectivity index (χ1v) is 8.46. The van der Waals surface area contributed by atoms with Gasteiger partial charge in [-0.2, -0.15) is 0 Å². The Labute approximate surface area is 128 Å². The summed E-state index contributed by atoms with van der Waals surface area (Å²) in [6.07, 6.45) is 5.98. The van der Waals surface area contributed by atoms with Gasteiger partial charge in [-0.3, -0.25) is 4.99 Å². The van der Waals surface area contributed by atoms with E-state index < -0.39 is 0 Å². The SMILES string of the molecule is CCNC(=NCC1(C)CCCO1)NCCCOCC1CC1. The number of hydrogen-bond donors (Lipinski definition) is 2. The van der Waals surface area contributed by atoms with Gasteiger partial charge in [-0.05, 0) is 51.9 Å². The molecule has 0 amide bonds. The summed E-state index contributed by atoms with van der Waals surface area (Å²) >= 11 is 0. The van der Waals surface area contributed by atoms with Crippen molar-refractivity contribution in [3.8, 4) is 0 Å². The number of rotatable bonds is 9. The van der Waals surface area contributed by atoms with Crippen LogP contribution in [0.15, 0.2) is 4.99 Å². The monoisotopic (exact) mass is 297 g/mol. The standard InChI is InChI=1S/C16H31N3O2/c1-3-17-15(19-13-16(2)8-4-11-21-16)18-9-5-10-20-12-14-6-7-14/h14H,3-13H2,1-2H3,(H2,17,18,19). The first-order chi connectivity index (χ1) is 10.2. The molecule has 1 atom stereocenters. The molecule has 0 aromatic rings. The molecule has 1 unspecified atom stereocenters. The summed E-state index contributed by atoms with van der Waals surface area (Å²) < 4.78 is 11.4. The van der Waals surface area contributed by atoms with Crippen molar-refractivity contribution in [3.05, 3.63) is 0 Å². The molecule has 1 aliphatic heterocycles. The van der Waals surface area contributed by atoms with Gasteiger partial charge in [0.05, 0.1) is 12.1 Å². The molecule has 122 valence electrons. The van der Waals surface area contributed by atoms with E-state index in [1.165, 1.54) is 12.8 Å². The topological polar surface area (TPSA) is 54.9 Å². The summed E-state index contributed by atoms with van der Waals surface area (Å²) in [5, 5.41) is 6.65. The number of aliphatic imine (C=N–C) groups is 1. The van der Waals surface area contributed by atoms with Crippen LogP contribution < -0.4 is 10.6 Å². The normalized spacial score (nSPS) is 26.1. The van der Waals surface area contributed by atoms with E-state index in [0.717, 1.165) is 70.6 Å². The maximum atomic E-state index is 5.77. The minimum absolute atomic E-state index is 0.0737. The second kappa shape index (κ2) is 8.59. The largest absolute Gasteiger partial charge is 0.381 e. The minimum Gasteiger partial charge on any atom is -0.381 e. The van der Waals surface area contributed by atoms with E-state index in [4.69, 9.17) is 9.47 Å². The van der Waals surface area contributed by atoms with Crippen LogP contribution in [0.3, 0.4) is 0 Å². The fourth-order valence-corrected chi connectivity index (χ4v) is 2.47. The number of hydrogen-bond acceptors (Lipinski definition) is 3. The molecule has 1 aliphatic carbocycles. The minimum atomic E-state index is -0.0737. The second-order valence-electron chi connectivity index (χ2n) is 6.40. The molecule has 0 spiro atoms. The molecule has 2 fully saturated rings. The summed E-state index contributed by atoms with van der Waals surface area (Å²) in [6.45, 7) is 9.39. The van der Waals surface area contributed by atoms with Crippen LogP contribution in [0.2, 0.25) is 0 Å². The molecule has 1 saturated carbocycles. The van der Waals surface area contributed by atoms with Crippen LogP contribution in [0.5, 0.6) is 0 Å². The van der Waals surface area contributed by atoms with Gasteiger partial charge in [0.1, 0.15) is 0 Å². The molecule has 0 radical (unpaired) electrons. The highest BCUT2D eigenvalue weighted by atomic mass is 16.5. The molecule has 0 bridgehead atoms. The van der Waals surface area contributed by atoms with Crippen molar-refractivity contribution < 1.29 is 9.47 Å². The fourth-order valence-electron chi connectivity index (χ4n) is 2.47. The average Bonchev–Trinajstić information content (AvgIpc) is 3.20. The zero-order valence-electron chi connectivity index (χ0n) is 13.6. The van der Waals surface area contributed by atoms with E-state index in [2.05, 4.69) is 29.5 Å². The molecule has 2 aliphatic rings. The highest BCUT2D eigenvalue weighted by Gasteiger charge is 2.29. The highest BCUT2D eigenvalue weighted by Crippen LogP contribution is 2.28. The quantitative estimate of drug-likeness (QED) is 0.388. The van der Waals surface area contributed by atoms with Crippen LogP contribution in [0.1, 0.15) is 46.0 Å². The molecule has 5 nitrogen and oxygen atoms in total. The number of nitrogens with zero attached hydrogens (tertiary/aromatic N) is 1. The zero-order valence-corrected chi connectivity index (χ0v) is 13.6. The third-order valence-corrected chi connectivity index (χ3v) is 4.02. The van der Waals surface area contributed by atoms with Crippen molar-refractivity contribution in [2.45, 2.75) is 51.6 Å². The Balaban J connectivity index is 1.60. The van der Waals surface area contributed by atoms with Crippen LogP contribution in [-0.2, 0) is 9.47 Å². The lowest BCUT2D eigenvalue weighted by Crippen LogP contribution is -2.39. The van der Waals surface area contributed by atoms with Crippen LogP contribution in [0.4, 0.5) is 0 Å². The number of ether oxygens (including phenoxy) is 2. The maximum Gasteiger partial charge on any atom is 0.191 e. The zero-order chi connectivity index (χ0) is 15.0. The number of nitrogens with one attached hydrogen (secondary N) is 2. The van der Waals surface area contributed by atoms with Gasteiger partial charge in [-0.1, -0.05) is 0 Å². The summed E-state index contributed by atoms with van der Waals surface area (Å²) in [7, 11) is 0. The van der Waals surface area contributed by atoms with E-state index in [1.807, 2.05) is 0 Å². The van der Waals surface area contributed by atoms with Crippen molar-refractivity contribution in [1.82, 2.24) is 10.6 Å². The van der Waals surface area contributed by atoms with Crippen molar-refractivity contribution in [2.24, 2.45) is 10.9 Å². The Morgan fingerprint density at radius 3 is 2.90 bits per heavy atom. The lowest BCUT2D eigenvalue weighted by atomic mass is 10.0. The molecule has 2 rings (SSSR count). The first kappa shape index (κ1) is 16.6. The van der Waals surface area contributed by atoms with Gasteiger partial charge in [0, 0.05) is 32.9 Å². The Morgan fingerprint density at radius 1 is 1.38 bits per heavy atom. The van der Waals surface area contributed by atoms with E-state index in [-0.39, 0.29) is 5.60 Å². The van der Waals surface area contributed by atoms with Gasteiger partial charge in [-0.25, -0.2) is 0 Å². The van der Waals surface area contributed by atoms with E-state index >= 15 is 0 Å². The Kier molecular flexibility index (Phi) is 6.77. The molecule has 0 aromatic carbocycles. The molecular weight excluding hydrogens is 266 g/mol. The van der Waals surface area contributed by atoms with Crippen molar-refractivity contribution in [1.29, 1.82) is 0 Å². The van der Waals surface area contributed by atoms with Crippen LogP contribution in [0.25, 0.3) is 0 Å². The summed E-state index contributed by atoms with van der Waals surface area (Å²) in [5.41, 5.74) is -0.0737.